The molecule has 0 aromatic heterocycles. The second-order valence-corrected chi connectivity index (χ2v) is 5.94. The summed E-state index contributed by atoms with van der Waals surface area (Å²) < 4.78 is 5.28. The second kappa shape index (κ2) is 7.25. The molecule has 0 saturated carbocycles. The van der Waals surface area contributed by atoms with Gasteiger partial charge in [0.25, 0.3) is 0 Å². The lowest BCUT2D eigenvalue weighted by molar-refractivity contribution is 0.208. The first kappa shape index (κ1) is 16.2. The van der Waals surface area contributed by atoms with Crippen LogP contribution in [0.1, 0.15) is 5.56 Å². The summed E-state index contributed by atoms with van der Waals surface area (Å²) >= 11 is 0. The minimum atomic E-state index is -0.0802. The lowest BCUT2D eigenvalue weighted by Crippen LogP contribution is -2.50. The molecule has 0 atom stereocenters. The van der Waals surface area contributed by atoms with Crippen LogP contribution in [0.2, 0.25) is 0 Å². The van der Waals surface area contributed by atoms with Crippen LogP contribution in [0.5, 0.6) is 5.75 Å². The number of hydrogen-bond acceptors (Lipinski definition) is 3. The molecule has 2 aromatic rings. The van der Waals surface area contributed by atoms with Crippen molar-refractivity contribution in [2.75, 3.05) is 43.5 Å². The number of anilines is 2. The molecule has 2 amide bonds. The van der Waals surface area contributed by atoms with E-state index in [1.165, 1.54) is 11.3 Å². The van der Waals surface area contributed by atoms with Gasteiger partial charge in [-0.2, -0.15) is 0 Å². The largest absolute Gasteiger partial charge is 0.495 e. The number of nitrogens with zero attached hydrogens (tertiary/aromatic N) is 2. The predicted molar refractivity (Wildman–Crippen MR) is 97.0 cm³/mol. The van der Waals surface area contributed by atoms with Gasteiger partial charge in [-0.25, -0.2) is 4.79 Å². The molecular formula is C19H23N3O2. The molecule has 126 valence electrons. The van der Waals surface area contributed by atoms with E-state index in [2.05, 4.69) is 41.4 Å². The smallest absolute Gasteiger partial charge is 0.322 e. The molecule has 1 N–H and O–H groups in total. The molecular weight excluding hydrogens is 302 g/mol. The molecule has 0 unspecified atom stereocenters. The highest BCUT2D eigenvalue weighted by atomic mass is 16.5. The lowest BCUT2D eigenvalue weighted by Gasteiger charge is -2.36. The van der Waals surface area contributed by atoms with Crippen LogP contribution in [0.15, 0.2) is 48.5 Å². The zero-order valence-electron chi connectivity index (χ0n) is 14.2. The first-order valence-electron chi connectivity index (χ1n) is 8.18. The fourth-order valence-electron chi connectivity index (χ4n) is 2.93. The number of rotatable bonds is 3. The Labute approximate surface area is 142 Å². The predicted octanol–water partition coefficient (Wildman–Crippen LogP) is 3.36. The molecule has 24 heavy (non-hydrogen) atoms. The van der Waals surface area contributed by atoms with E-state index in [0.29, 0.717) is 24.5 Å². The van der Waals surface area contributed by atoms with Crippen molar-refractivity contribution in [1.82, 2.24) is 4.90 Å². The summed E-state index contributed by atoms with van der Waals surface area (Å²) in [7, 11) is 1.60. The molecule has 1 fully saturated rings. The lowest BCUT2D eigenvalue weighted by atomic mass is 10.2. The molecule has 3 rings (SSSR count). The number of piperazine rings is 1. The summed E-state index contributed by atoms with van der Waals surface area (Å²) in [6, 6.07) is 15.9. The minimum absolute atomic E-state index is 0.0802. The van der Waals surface area contributed by atoms with Crippen molar-refractivity contribution in [2.24, 2.45) is 0 Å². The molecule has 0 spiro atoms. The van der Waals surface area contributed by atoms with Crippen molar-refractivity contribution < 1.29 is 9.53 Å². The third-order valence-corrected chi connectivity index (χ3v) is 4.28. The quantitative estimate of drug-likeness (QED) is 0.941. The zero-order chi connectivity index (χ0) is 16.9. The van der Waals surface area contributed by atoms with Crippen molar-refractivity contribution in [3.05, 3.63) is 54.1 Å². The Morgan fingerprint density at radius 3 is 2.50 bits per heavy atom. The van der Waals surface area contributed by atoms with Gasteiger partial charge in [0.1, 0.15) is 5.75 Å². The molecule has 0 bridgehead atoms. The van der Waals surface area contributed by atoms with Gasteiger partial charge in [0.2, 0.25) is 0 Å². The molecule has 0 aliphatic carbocycles. The molecule has 5 heteroatoms. The highest BCUT2D eigenvalue weighted by Gasteiger charge is 2.22. The molecule has 1 aliphatic rings. The van der Waals surface area contributed by atoms with Gasteiger partial charge >= 0.3 is 6.03 Å². The Kier molecular flexibility index (Phi) is 4.89. The number of nitrogens with one attached hydrogen (secondary N) is 1. The van der Waals surface area contributed by atoms with Gasteiger partial charge in [-0.3, -0.25) is 0 Å². The van der Waals surface area contributed by atoms with E-state index >= 15 is 0 Å². The summed E-state index contributed by atoms with van der Waals surface area (Å²) in [5.74, 6) is 0.671. The number of amides is 2. The Bertz CT molecular complexity index is 709. The number of para-hydroxylation sites is 2. The number of hydrogen-bond donors (Lipinski definition) is 1. The Morgan fingerprint density at radius 2 is 1.79 bits per heavy atom. The van der Waals surface area contributed by atoms with Gasteiger partial charge in [-0.1, -0.05) is 24.3 Å². The Morgan fingerprint density at radius 1 is 1.04 bits per heavy atom. The number of ether oxygens (including phenoxy) is 1. The number of benzene rings is 2. The summed E-state index contributed by atoms with van der Waals surface area (Å²) in [6.45, 7) is 5.18. The summed E-state index contributed by atoms with van der Waals surface area (Å²) in [4.78, 5) is 16.6. The van der Waals surface area contributed by atoms with Gasteiger partial charge in [-0.05, 0) is 36.8 Å². The Balaban J connectivity index is 1.59. The third-order valence-electron chi connectivity index (χ3n) is 4.28. The fraction of sp³-hybridized carbons (Fsp3) is 0.316. The van der Waals surface area contributed by atoms with Crippen LogP contribution in [-0.2, 0) is 0 Å². The molecule has 1 heterocycles. The van der Waals surface area contributed by atoms with Crippen LogP contribution in [0.3, 0.4) is 0 Å². The topological polar surface area (TPSA) is 44.8 Å². The van der Waals surface area contributed by atoms with E-state index in [9.17, 15) is 4.79 Å². The monoisotopic (exact) mass is 325 g/mol. The first-order valence-corrected chi connectivity index (χ1v) is 8.18. The van der Waals surface area contributed by atoms with Gasteiger partial charge < -0.3 is 19.9 Å². The van der Waals surface area contributed by atoms with Gasteiger partial charge in [-0.15, -0.1) is 0 Å². The second-order valence-electron chi connectivity index (χ2n) is 5.94. The maximum atomic E-state index is 12.5. The summed E-state index contributed by atoms with van der Waals surface area (Å²) in [5, 5.41) is 2.94. The number of urea groups is 1. The van der Waals surface area contributed by atoms with Crippen LogP contribution < -0.4 is 15.0 Å². The van der Waals surface area contributed by atoms with E-state index in [-0.39, 0.29) is 6.03 Å². The van der Waals surface area contributed by atoms with Crippen LogP contribution >= 0.6 is 0 Å². The molecule has 1 aliphatic heterocycles. The van der Waals surface area contributed by atoms with Crippen molar-refractivity contribution in [1.29, 1.82) is 0 Å². The van der Waals surface area contributed by atoms with Crippen LogP contribution in [0.25, 0.3) is 0 Å². The average Bonchev–Trinajstić information content (AvgIpc) is 2.62. The minimum Gasteiger partial charge on any atom is -0.495 e. The van der Waals surface area contributed by atoms with Crippen LogP contribution in [0.4, 0.5) is 16.2 Å². The van der Waals surface area contributed by atoms with Crippen LogP contribution in [0, 0.1) is 6.92 Å². The highest BCUT2D eigenvalue weighted by molar-refractivity contribution is 5.91. The number of carbonyl (C=O) groups is 1. The van der Waals surface area contributed by atoms with E-state index in [1.54, 1.807) is 7.11 Å². The number of methoxy groups -OCH3 is 1. The molecule has 5 nitrogen and oxygen atoms in total. The van der Waals surface area contributed by atoms with Gasteiger partial charge in [0, 0.05) is 31.9 Å². The highest BCUT2D eigenvalue weighted by Crippen LogP contribution is 2.24. The third kappa shape index (κ3) is 3.62. The number of aryl methyl sites for hydroxylation is 1. The molecule has 0 radical (unpaired) electrons. The average molecular weight is 325 g/mol. The van der Waals surface area contributed by atoms with E-state index in [1.807, 2.05) is 29.2 Å². The zero-order valence-corrected chi connectivity index (χ0v) is 14.2. The Hall–Kier alpha value is -2.69. The van der Waals surface area contributed by atoms with Crippen molar-refractivity contribution in [3.8, 4) is 5.75 Å². The first-order chi connectivity index (χ1) is 11.7. The van der Waals surface area contributed by atoms with Crippen molar-refractivity contribution >= 4 is 17.4 Å². The normalized spacial score (nSPS) is 14.4. The molecule has 1 saturated heterocycles. The van der Waals surface area contributed by atoms with Gasteiger partial charge in [0.05, 0.1) is 12.8 Å². The summed E-state index contributed by atoms with van der Waals surface area (Å²) in [5.41, 5.74) is 3.18. The van der Waals surface area contributed by atoms with Crippen molar-refractivity contribution in [2.45, 2.75) is 6.92 Å². The van der Waals surface area contributed by atoms with Crippen LogP contribution in [-0.4, -0.2) is 44.2 Å². The van der Waals surface area contributed by atoms with Crippen molar-refractivity contribution in [3.63, 3.8) is 0 Å². The SMILES string of the molecule is COc1ccccc1NC(=O)N1CCN(c2cccc(C)c2)CC1. The molecule has 2 aromatic carbocycles. The number of carbonyl (C=O) groups excluding carboxylic acids is 1. The van der Waals surface area contributed by atoms with E-state index in [4.69, 9.17) is 4.74 Å². The standard InChI is InChI=1S/C19H23N3O2/c1-15-6-5-7-16(14-15)21-10-12-22(13-11-21)19(23)20-17-8-3-4-9-18(17)24-2/h3-9,14H,10-13H2,1-2H3,(H,20,23). The fourth-order valence-corrected chi connectivity index (χ4v) is 2.93. The maximum Gasteiger partial charge on any atom is 0.322 e. The van der Waals surface area contributed by atoms with E-state index in [0.717, 1.165) is 13.1 Å². The maximum absolute atomic E-state index is 12.5. The summed E-state index contributed by atoms with van der Waals surface area (Å²) in [6.07, 6.45) is 0. The van der Waals surface area contributed by atoms with E-state index < -0.39 is 0 Å². The van der Waals surface area contributed by atoms with Gasteiger partial charge in [0.15, 0.2) is 0 Å².